The van der Waals surface area contributed by atoms with Crippen LogP contribution in [0.2, 0.25) is 0 Å². The molecule has 0 radical (unpaired) electrons. The number of nitrogens with zero attached hydrogens (tertiary/aromatic N) is 2. The van der Waals surface area contributed by atoms with Crippen LogP contribution < -0.4 is 10.9 Å². The van der Waals surface area contributed by atoms with Crippen molar-refractivity contribution >= 4 is 5.82 Å². The van der Waals surface area contributed by atoms with Crippen LogP contribution in [0.1, 0.15) is 18.1 Å². The lowest BCUT2D eigenvalue weighted by Crippen LogP contribution is -2.21. The first-order chi connectivity index (χ1) is 8.72. The van der Waals surface area contributed by atoms with Crippen LogP contribution in [0.5, 0.6) is 0 Å². The van der Waals surface area contributed by atoms with Crippen molar-refractivity contribution in [3.8, 4) is 0 Å². The second kappa shape index (κ2) is 5.49. The zero-order chi connectivity index (χ0) is 13.0. The van der Waals surface area contributed by atoms with E-state index in [2.05, 4.69) is 29.4 Å². The Morgan fingerprint density at radius 3 is 2.72 bits per heavy atom. The zero-order valence-corrected chi connectivity index (χ0v) is 10.7. The standard InChI is InChI=1S/C14H17N3O/c1-3-11-6-4-5-7-12(11)10-16-13-14(18)17(2)9-8-15-13/h4-9H,3,10H2,1-2H3,(H,15,16). The summed E-state index contributed by atoms with van der Waals surface area (Å²) >= 11 is 0. The van der Waals surface area contributed by atoms with Crippen LogP contribution in [0.15, 0.2) is 41.5 Å². The number of aromatic nitrogens is 2. The van der Waals surface area contributed by atoms with E-state index in [9.17, 15) is 4.79 Å². The van der Waals surface area contributed by atoms with Crippen LogP contribution in [-0.4, -0.2) is 9.55 Å². The van der Waals surface area contributed by atoms with E-state index in [1.54, 1.807) is 19.4 Å². The van der Waals surface area contributed by atoms with Crippen LogP contribution in [-0.2, 0) is 20.0 Å². The highest BCUT2D eigenvalue weighted by molar-refractivity contribution is 5.35. The Kier molecular flexibility index (Phi) is 3.77. The first-order valence-electron chi connectivity index (χ1n) is 6.04. The van der Waals surface area contributed by atoms with E-state index in [1.807, 2.05) is 12.1 Å². The number of hydrogen-bond donors (Lipinski definition) is 1. The molecule has 18 heavy (non-hydrogen) atoms. The molecule has 4 nitrogen and oxygen atoms in total. The van der Waals surface area contributed by atoms with Crippen LogP contribution in [0.3, 0.4) is 0 Å². The Labute approximate surface area is 106 Å². The highest BCUT2D eigenvalue weighted by atomic mass is 16.1. The van der Waals surface area contributed by atoms with Gasteiger partial charge in [-0.25, -0.2) is 4.98 Å². The van der Waals surface area contributed by atoms with E-state index >= 15 is 0 Å². The minimum absolute atomic E-state index is 0.105. The van der Waals surface area contributed by atoms with Gasteiger partial charge in [-0.15, -0.1) is 0 Å². The third kappa shape index (κ3) is 2.59. The average Bonchev–Trinajstić information content (AvgIpc) is 2.41. The Balaban J connectivity index is 2.17. The Morgan fingerprint density at radius 2 is 2.00 bits per heavy atom. The van der Waals surface area contributed by atoms with Crippen molar-refractivity contribution in [1.29, 1.82) is 0 Å². The van der Waals surface area contributed by atoms with Gasteiger partial charge in [-0.2, -0.15) is 0 Å². The molecule has 0 aliphatic rings. The molecule has 1 aromatic carbocycles. The summed E-state index contributed by atoms with van der Waals surface area (Å²) in [5.41, 5.74) is 2.39. The summed E-state index contributed by atoms with van der Waals surface area (Å²) in [6, 6.07) is 8.21. The van der Waals surface area contributed by atoms with Gasteiger partial charge in [0.15, 0.2) is 5.82 Å². The molecule has 0 bridgehead atoms. The van der Waals surface area contributed by atoms with Crippen molar-refractivity contribution in [2.75, 3.05) is 5.32 Å². The number of benzene rings is 1. The normalized spacial score (nSPS) is 10.3. The van der Waals surface area contributed by atoms with Crippen LogP contribution in [0, 0.1) is 0 Å². The van der Waals surface area contributed by atoms with Gasteiger partial charge in [-0.3, -0.25) is 4.79 Å². The predicted molar refractivity (Wildman–Crippen MR) is 72.6 cm³/mol. The summed E-state index contributed by atoms with van der Waals surface area (Å²) in [6.45, 7) is 2.74. The molecule has 1 aromatic heterocycles. The smallest absolute Gasteiger partial charge is 0.293 e. The maximum Gasteiger partial charge on any atom is 0.293 e. The van der Waals surface area contributed by atoms with Gasteiger partial charge < -0.3 is 9.88 Å². The van der Waals surface area contributed by atoms with Gasteiger partial charge in [-0.1, -0.05) is 31.2 Å². The Bertz CT molecular complexity index is 590. The SMILES string of the molecule is CCc1ccccc1CNc1nccn(C)c1=O. The first kappa shape index (κ1) is 12.4. The van der Waals surface area contributed by atoms with Crippen LogP contribution >= 0.6 is 0 Å². The van der Waals surface area contributed by atoms with E-state index in [1.165, 1.54) is 15.7 Å². The summed E-state index contributed by atoms with van der Waals surface area (Å²) in [5, 5.41) is 3.10. The van der Waals surface area contributed by atoms with Crippen LogP contribution in [0.4, 0.5) is 5.82 Å². The van der Waals surface area contributed by atoms with Crippen molar-refractivity contribution in [1.82, 2.24) is 9.55 Å². The summed E-state index contributed by atoms with van der Waals surface area (Å²) < 4.78 is 1.51. The van der Waals surface area contributed by atoms with Gasteiger partial charge in [0.2, 0.25) is 0 Å². The molecular formula is C14H17N3O. The summed E-state index contributed by atoms with van der Waals surface area (Å²) in [6.07, 6.45) is 4.25. The minimum Gasteiger partial charge on any atom is -0.361 e. The van der Waals surface area contributed by atoms with Crippen molar-refractivity contribution in [3.63, 3.8) is 0 Å². The second-order valence-corrected chi connectivity index (χ2v) is 4.17. The molecule has 2 rings (SSSR count). The molecule has 0 amide bonds. The molecule has 0 aliphatic carbocycles. The molecule has 0 fully saturated rings. The molecule has 0 spiro atoms. The highest BCUT2D eigenvalue weighted by Gasteiger charge is 2.03. The fourth-order valence-corrected chi connectivity index (χ4v) is 1.87. The van der Waals surface area contributed by atoms with E-state index in [4.69, 9.17) is 0 Å². The topological polar surface area (TPSA) is 46.9 Å². The number of rotatable bonds is 4. The summed E-state index contributed by atoms with van der Waals surface area (Å²) in [5.74, 6) is 0.394. The zero-order valence-electron chi connectivity index (χ0n) is 10.7. The lowest BCUT2D eigenvalue weighted by atomic mass is 10.1. The highest BCUT2D eigenvalue weighted by Crippen LogP contribution is 2.10. The molecule has 0 saturated carbocycles. The van der Waals surface area contributed by atoms with Gasteiger partial charge in [0.05, 0.1) is 0 Å². The molecule has 1 heterocycles. The Morgan fingerprint density at radius 1 is 1.28 bits per heavy atom. The van der Waals surface area contributed by atoms with E-state index in [-0.39, 0.29) is 5.56 Å². The van der Waals surface area contributed by atoms with Crippen molar-refractivity contribution in [2.24, 2.45) is 7.05 Å². The van der Waals surface area contributed by atoms with Crippen molar-refractivity contribution in [2.45, 2.75) is 19.9 Å². The fourth-order valence-electron chi connectivity index (χ4n) is 1.87. The van der Waals surface area contributed by atoms with Gasteiger partial charge in [-0.05, 0) is 17.5 Å². The third-order valence-corrected chi connectivity index (χ3v) is 2.96. The first-order valence-corrected chi connectivity index (χ1v) is 6.04. The molecule has 1 N–H and O–H groups in total. The summed E-state index contributed by atoms with van der Waals surface area (Å²) in [7, 11) is 1.72. The predicted octanol–water partition coefficient (Wildman–Crippen LogP) is 1.95. The Hall–Kier alpha value is -2.10. The monoisotopic (exact) mass is 243 g/mol. The van der Waals surface area contributed by atoms with Gasteiger partial charge >= 0.3 is 0 Å². The van der Waals surface area contributed by atoms with Gasteiger partial charge in [0, 0.05) is 26.0 Å². The lowest BCUT2D eigenvalue weighted by Gasteiger charge is -2.09. The van der Waals surface area contributed by atoms with Crippen molar-refractivity contribution < 1.29 is 0 Å². The van der Waals surface area contributed by atoms with E-state index in [0.717, 1.165) is 6.42 Å². The molecule has 0 atom stereocenters. The summed E-state index contributed by atoms with van der Waals surface area (Å²) in [4.78, 5) is 15.8. The number of anilines is 1. The molecular weight excluding hydrogens is 226 g/mol. The number of aryl methyl sites for hydroxylation is 2. The largest absolute Gasteiger partial charge is 0.361 e. The molecule has 0 saturated heterocycles. The molecule has 4 heteroatoms. The van der Waals surface area contributed by atoms with Crippen molar-refractivity contribution in [3.05, 3.63) is 58.1 Å². The molecule has 0 unspecified atom stereocenters. The second-order valence-electron chi connectivity index (χ2n) is 4.17. The lowest BCUT2D eigenvalue weighted by molar-refractivity contribution is 0.838. The van der Waals surface area contributed by atoms with E-state index in [0.29, 0.717) is 12.4 Å². The number of hydrogen-bond acceptors (Lipinski definition) is 3. The van der Waals surface area contributed by atoms with E-state index < -0.39 is 0 Å². The maximum atomic E-state index is 11.8. The average molecular weight is 243 g/mol. The quantitative estimate of drug-likeness (QED) is 0.893. The minimum atomic E-state index is -0.105. The fraction of sp³-hybridized carbons (Fsp3) is 0.286. The van der Waals surface area contributed by atoms with Gasteiger partial charge in [0.1, 0.15) is 0 Å². The van der Waals surface area contributed by atoms with Gasteiger partial charge in [0.25, 0.3) is 5.56 Å². The molecule has 2 aromatic rings. The third-order valence-electron chi connectivity index (χ3n) is 2.96. The molecule has 0 aliphatic heterocycles. The van der Waals surface area contributed by atoms with Crippen LogP contribution in [0.25, 0.3) is 0 Å². The molecule has 94 valence electrons. The maximum absolute atomic E-state index is 11.8. The number of nitrogens with one attached hydrogen (secondary N) is 1.